The minimum Gasteiger partial charge on any atom is -0.490 e. The Balaban J connectivity index is 1.45. The third-order valence-electron chi connectivity index (χ3n) is 5.40. The molecule has 0 saturated heterocycles. The third-order valence-corrected chi connectivity index (χ3v) is 5.40. The summed E-state index contributed by atoms with van der Waals surface area (Å²) in [6, 6.07) is 8.08. The summed E-state index contributed by atoms with van der Waals surface area (Å²) in [4.78, 5) is 2.27. The highest BCUT2D eigenvalue weighted by Gasteiger charge is 2.31. The number of hydrogen-bond donors (Lipinski definition) is 4. The largest absolute Gasteiger partial charge is 0.490 e. The average molecular weight is 419 g/mol. The van der Waals surface area contributed by atoms with Crippen molar-refractivity contribution in [2.75, 3.05) is 40.4 Å². The van der Waals surface area contributed by atoms with E-state index in [9.17, 15) is 5.11 Å². The molecule has 1 aromatic heterocycles. The van der Waals surface area contributed by atoms with Crippen LogP contribution in [0.1, 0.15) is 24.8 Å². The molecule has 1 unspecified atom stereocenters. The van der Waals surface area contributed by atoms with Crippen LogP contribution in [0.5, 0.6) is 5.75 Å². The molecule has 30 heavy (non-hydrogen) atoms. The van der Waals surface area contributed by atoms with Gasteiger partial charge in [0.25, 0.3) is 0 Å². The van der Waals surface area contributed by atoms with Gasteiger partial charge in [0.15, 0.2) is 0 Å². The lowest BCUT2D eigenvalue weighted by molar-refractivity contribution is -0.0696. The van der Waals surface area contributed by atoms with Crippen molar-refractivity contribution in [1.82, 2.24) is 20.4 Å². The van der Waals surface area contributed by atoms with Gasteiger partial charge in [-0.25, -0.2) is 0 Å². The van der Waals surface area contributed by atoms with Crippen LogP contribution < -0.4 is 10.1 Å². The van der Waals surface area contributed by atoms with E-state index in [4.69, 9.17) is 14.6 Å². The smallest absolute Gasteiger partial charge is 0.119 e. The molecule has 0 spiro atoms. The van der Waals surface area contributed by atoms with Crippen molar-refractivity contribution >= 4 is 0 Å². The van der Waals surface area contributed by atoms with E-state index in [0.717, 1.165) is 49.5 Å². The first-order valence-corrected chi connectivity index (χ1v) is 10.6. The second kappa shape index (κ2) is 11.4. The number of nitrogens with one attached hydrogen (secondary N) is 2. The van der Waals surface area contributed by atoms with Crippen molar-refractivity contribution in [2.45, 2.75) is 44.1 Å². The lowest BCUT2D eigenvalue weighted by Crippen LogP contribution is -2.40. The molecule has 1 fully saturated rings. The lowest BCUT2D eigenvalue weighted by atomic mass is 9.92. The number of H-pyrrole nitrogens is 1. The summed E-state index contributed by atoms with van der Waals surface area (Å²) in [5.74, 6) is 0.848. The Morgan fingerprint density at radius 1 is 1.27 bits per heavy atom. The summed E-state index contributed by atoms with van der Waals surface area (Å²) in [6.07, 6.45) is 3.75. The minimum absolute atomic E-state index is 0.158. The highest BCUT2D eigenvalue weighted by molar-refractivity contribution is 5.63. The maximum absolute atomic E-state index is 9.33. The first-order chi connectivity index (χ1) is 14.6. The van der Waals surface area contributed by atoms with Crippen LogP contribution >= 0.6 is 0 Å². The second-order valence-corrected chi connectivity index (χ2v) is 7.95. The average Bonchev–Trinajstić information content (AvgIpc) is 3.18. The van der Waals surface area contributed by atoms with Gasteiger partial charge in [0.05, 0.1) is 24.5 Å². The van der Waals surface area contributed by atoms with Gasteiger partial charge in [-0.15, -0.1) is 0 Å². The van der Waals surface area contributed by atoms with Crippen LogP contribution in [-0.2, 0) is 11.3 Å². The molecule has 2 aromatic rings. The van der Waals surface area contributed by atoms with Crippen molar-refractivity contribution in [3.05, 3.63) is 36.0 Å². The number of benzene rings is 1. The van der Waals surface area contributed by atoms with Crippen LogP contribution in [0.2, 0.25) is 0 Å². The summed E-state index contributed by atoms with van der Waals surface area (Å²) in [6.45, 7) is 3.01. The molecule has 1 aromatic carbocycles. The molecular formula is C22H34N4O4. The molecule has 0 aliphatic heterocycles. The van der Waals surface area contributed by atoms with E-state index in [0.29, 0.717) is 13.0 Å². The van der Waals surface area contributed by atoms with E-state index in [1.807, 2.05) is 37.5 Å². The SMILES string of the molecule is CNCCN(C)Cc1c[nH]nc1-c1ccc(OC2CC(OCCC(O)CO)C2)cc1. The van der Waals surface area contributed by atoms with E-state index in [1.54, 1.807) is 0 Å². The van der Waals surface area contributed by atoms with E-state index in [2.05, 4.69) is 27.5 Å². The maximum atomic E-state index is 9.33. The molecule has 0 radical (unpaired) electrons. The maximum Gasteiger partial charge on any atom is 0.119 e. The number of aliphatic hydroxyl groups excluding tert-OH is 2. The first-order valence-electron chi connectivity index (χ1n) is 10.6. The predicted octanol–water partition coefficient (Wildman–Crippen LogP) is 1.40. The van der Waals surface area contributed by atoms with Crippen molar-refractivity contribution in [1.29, 1.82) is 0 Å². The first kappa shape index (κ1) is 22.7. The van der Waals surface area contributed by atoms with Gasteiger partial charge in [-0.1, -0.05) is 0 Å². The number of aromatic nitrogens is 2. The van der Waals surface area contributed by atoms with Crippen LogP contribution in [0.4, 0.5) is 0 Å². The van der Waals surface area contributed by atoms with Gasteiger partial charge in [-0.05, 0) is 44.8 Å². The van der Waals surface area contributed by atoms with Gasteiger partial charge in [-0.2, -0.15) is 5.10 Å². The van der Waals surface area contributed by atoms with Crippen LogP contribution in [0.25, 0.3) is 11.3 Å². The number of hydrogen-bond acceptors (Lipinski definition) is 7. The van der Waals surface area contributed by atoms with Gasteiger partial charge >= 0.3 is 0 Å². The lowest BCUT2D eigenvalue weighted by Gasteiger charge is -2.35. The van der Waals surface area contributed by atoms with Crippen LogP contribution in [0.3, 0.4) is 0 Å². The molecule has 0 amide bonds. The molecule has 0 bridgehead atoms. The number of aliphatic hydroxyl groups is 2. The van der Waals surface area contributed by atoms with E-state index < -0.39 is 6.10 Å². The quantitative estimate of drug-likeness (QED) is 0.390. The number of aromatic amines is 1. The van der Waals surface area contributed by atoms with E-state index in [-0.39, 0.29) is 18.8 Å². The van der Waals surface area contributed by atoms with Crippen LogP contribution in [0, 0.1) is 0 Å². The zero-order valence-corrected chi connectivity index (χ0v) is 17.9. The fraction of sp³-hybridized carbons (Fsp3) is 0.591. The number of likely N-dealkylation sites (N-methyl/N-ethyl adjacent to an activating group) is 2. The molecule has 1 aliphatic carbocycles. The molecule has 8 nitrogen and oxygen atoms in total. The van der Waals surface area contributed by atoms with E-state index >= 15 is 0 Å². The van der Waals surface area contributed by atoms with Crippen LogP contribution in [0.15, 0.2) is 30.5 Å². The number of rotatable bonds is 13. The molecule has 4 N–H and O–H groups in total. The Bertz CT molecular complexity index is 746. The zero-order valence-electron chi connectivity index (χ0n) is 17.9. The van der Waals surface area contributed by atoms with Crippen molar-refractivity contribution in [3.8, 4) is 17.0 Å². The summed E-state index contributed by atoms with van der Waals surface area (Å²) < 4.78 is 11.7. The normalized spacial score (nSPS) is 19.6. The zero-order chi connectivity index (χ0) is 21.3. The molecule has 166 valence electrons. The predicted molar refractivity (Wildman–Crippen MR) is 115 cm³/mol. The Kier molecular flexibility index (Phi) is 8.65. The highest BCUT2D eigenvalue weighted by Crippen LogP contribution is 2.30. The van der Waals surface area contributed by atoms with Gasteiger partial charge in [0.2, 0.25) is 0 Å². The van der Waals surface area contributed by atoms with Gasteiger partial charge in [0.1, 0.15) is 11.9 Å². The van der Waals surface area contributed by atoms with E-state index in [1.165, 1.54) is 5.56 Å². The second-order valence-electron chi connectivity index (χ2n) is 7.95. The summed E-state index contributed by atoms with van der Waals surface area (Å²) in [5.41, 5.74) is 3.21. The molecule has 1 heterocycles. The fourth-order valence-corrected chi connectivity index (χ4v) is 3.45. The van der Waals surface area contributed by atoms with Crippen molar-refractivity contribution in [2.24, 2.45) is 0 Å². The van der Waals surface area contributed by atoms with Crippen LogP contribution in [-0.4, -0.2) is 84.0 Å². The topological polar surface area (TPSA) is 103 Å². The molecule has 8 heteroatoms. The Labute approximate surface area is 178 Å². The summed E-state index contributed by atoms with van der Waals surface area (Å²) >= 11 is 0. The highest BCUT2D eigenvalue weighted by atomic mass is 16.5. The summed E-state index contributed by atoms with van der Waals surface area (Å²) in [7, 11) is 4.07. The minimum atomic E-state index is -0.695. The fourth-order valence-electron chi connectivity index (χ4n) is 3.45. The Morgan fingerprint density at radius 2 is 2.03 bits per heavy atom. The van der Waals surface area contributed by atoms with Gasteiger partial charge in [0, 0.05) is 56.4 Å². The Morgan fingerprint density at radius 3 is 2.73 bits per heavy atom. The molecule has 1 aliphatic rings. The molecule has 3 rings (SSSR count). The molecule has 1 atom stereocenters. The molecular weight excluding hydrogens is 384 g/mol. The molecule has 1 saturated carbocycles. The Hall–Kier alpha value is -1.97. The van der Waals surface area contributed by atoms with Crippen molar-refractivity contribution in [3.63, 3.8) is 0 Å². The van der Waals surface area contributed by atoms with Crippen molar-refractivity contribution < 1.29 is 19.7 Å². The standard InChI is InChI=1S/C22H34N4O4/c1-23-8-9-26(2)14-17-13-24-25-22(17)16-3-5-19(6-4-16)30-21-11-20(12-21)29-10-7-18(28)15-27/h3-6,13,18,20-21,23,27-28H,7-12,14-15H2,1-2H3,(H,24,25). The number of ether oxygens (including phenoxy) is 2. The summed E-state index contributed by atoms with van der Waals surface area (Å²) in [5, 5.41) is 28.7. The monoisotopic (exact) mass is 418 g/mol. The van der Waals surface area contributed by atoms with Gasteiger partial charge < -0.3 is 29.9 Å². The number of nitrogens with zero attached hydrogens (tertiary/aromatic N) is 2. The third kappa shape index (κ3) is 6.52. The van der Waals surface area contributed by atoms with Gasteiger partial charge in [-0.3, -0.25) is 5.10 Å².